The molecule has 0 spiro atoms. The fourth-order valence-corrected chi connectivity index (χ4v) is 3.74. The number of rotatable bonds is 6. The van der Waals surface area contributed by atoms with Gasteiger partial charge in [0, 0.05) is 5.38 Å². The van der Waals surface area contributed by atoms with Crippen molar-refractivity contribution in [1.29, 1.82) is 0 Å². The van der Waals surface area contributed by atoms with Crippen molar-refractivity contribution in [3.8, 4) is 27.7 Å². The van der Waals surface area contributed by atoms with Crippen LogP contribution in [-0.2, 0) is 0 Å². The predicted octanol–water partition coefficient (Wildman–Crippen LogP) is 4.58. The lowest BCUT2D eigenvalue weighted by Crippen LogP contribution is -2.19. The van der Waals surface area contributed by atoms with Gasteiger partial charge in [0.1, 0.15) is 17.2 Å². The summed E-state index contributed by atoms with van der Waals surface area (Å²) in [6.07, 6.45) is -4.81. The van der Waals surface area contributed by atoms with Gasteiger partial charge in [-0.05, 0) is 55.0 Å². The van der Waals surface area contributed by atoms with Crippen molar-refractivity contribution >= 4 is 28.9 Å². The van der Waals surface area contributed by atoms with E-state index in [0.717, 1.165) is 41.7 Å². The minimum absolute atomic E-state index is 0.186. The van der Waals surface area contributed by atoms with E-state index in [0.29, 0.717) is 10.4 Å². The van der Waals surface area contributed by atoms with Gasteiger partial charge < -0.3 is 20.1 Å². The fourth-order valence-electron chi connectivity index (χ4n) is 2.73. The second-order valence-corrected chi connectivity index (χ2v) is 7.45. The van der Waals surface area contributed by atoms with Crippen LogP contribution in [0.4, 0.5) is 13.2 Å². The van der Waals surface area contributed by atoms with Crippen LogP contribution in [0.1, 0.15) is 33.2 Å². The lowest BCUT2D eigenvalue weighted by atomic mass is 10.1. The highest BCUT2D eigenvalue weighted by Crippen LogP contribution is 2.39. The highest BCUT2D eigenvalue weighted by Gasteiger charge is 2.31. The number of hydrogen-bond acceptors (Lipinski definition) is 7. The molecule has 12 heteroatoms. The number of aromatic carboxylic acids is 1. The number of carbonyl (C=O) groups excluding carboxylic acids is 1. The third-order valence-corrected chi connectivity index (χ3v) is 5.34. The molecule has 1 aromatic heterocycles. The second-order valence-electron chi connectivity index (χ2n) is 6.57. The van der Waals surface area contributed by atoms with Gasteiger partial charge in [-0.2, -0.15) is 5.10 Å². The summed E-state index contributed by atoms with van der Waals surface area (Å²) in [5.41, 5.74) is 2.73. The second kappa shape index (κ2) is 9.20. The number of hydrogen-bond donors (Lipinski definition) is 4. The molecule has 0 bridgehead atoms. The number of halogens is 3. The number of aromatic hydroxyl groups is 2. The van der Waals surface area contributed by atoms with Gasteiger partial charge in [-0.15, -0.1) is 24.5 Å². The summed E-state index contributed by atoms with van der Waals surface area (Å²) >= 11 is 1.11. The van der Waals surface area contributed by atoms with E-state index in [2.05, 4.69) is 15.3 Å². The molecule has 1 heterocycles. The van der Waals surface area contributed by atoms with Crippen molar-refractivity contribution in [2.45, 2.75) is 13.3 Å². The first-order valence-electron chi connectivity index (χ1n) is 9.04. The number of hydrazone groups is 1. The van der Waals surface area contributed by atoms with E-state index in [9.17, 15) is 33.0 Å². The Bertz CT molecular complexity index is 1240. The van der Waals surface area contributed by atoms with Crippen LogP contribution >= 0.6 is 11.3 Å². The van der Waals surface area contributed by atoms with Crippen molar-refractivity contribution in [3.05, 3.63) is 64.5 Å². The molecule has 0 saturated heterocycles. The molecule has 0 atom stereocenters. The van der Waals surface area contributed by atoms with Crippen LogP contribution in [0, 0.1) is 0 Å². The average molecular weight is 480 g/mol. The number of carboxylic acids is 1. The molecule has 0 aliphatic rings. The molecule has 4 N–H and O–H groups in total. The molecule has 3 aromatic rings. The third kappa shape index (κ3) is 5.60. The molecule has 0 radical (unpaired) electrons. The van der Waals surface area contributed by atoms with Gasteiger partial charge in [0.15, 0.2) is 0 Å². The Hall–Kier alpha value is -4.06. The minimum atomic E-state index is -4.81. The van der Waals surface area contributed by atoms with Crippen molar-refractivity contribution in [3.63, 3.8) is 0 Å². The van der Waals surface area contributed by atoms with E-state index in [4.69, 9.17) is 5.11 Å². The Labute approximate surface area is 188 Å². The number of benzene rings is 2. The van der Waals surface area contributed by atoms with Crippen LogP contribution in [0.2, 0.25) is 0 Å². The first kappa shape index (κ1) is 23.6. The van der Waals surface area contributed by atoms with Crippen LogP contribution in [0.15, 0.2) is 52.9 Å². The third-order valence-electron chi connectivity index (χ3n) is 4.32. The average Bonchev–Trinajstić information content (AvgIpc) is 3.12. The standard InChI is InChI=1S/C21H15F3N2O6S/c1-10(25-26-19(29)14-7-4-12(20(30)31)8-16(14)27)15-9-33-18(17(15)28)11-2-5-13(6-3-11)32-21(22,23)24/h2-9,27-28H,1H3,(H,26,29)(H,30,31). The molecule has 8 nitrogen and oxygen atoms in total. The van der Waals surface area contributed by atoms with Crippen molar-refractivity contribution in [2.75, 3.05) is 0 Å². The maximum atomic E-state index is 12.3. The fraction of sp³-hybridized carbons (Fsp3) is 0.0952. The van der Waals surface area contributed by atoms with E-state index in [1.807, 2.05) is 0 Å². The van der Waals surface area contributed by atoms with E-state index in [1.54, 1.807) is 5.38 Å². The maximum absolute atomic E-state index is 12.3. The highest BCUT2D eigenvalue weighted by molar-refractivity contribution is 7.14. The van der Waals surface area contributed by atoms with E-state index in [-0.39, 0.29) is 28.2 Å². The highest BCUT2D eigenvalue weighted by atomic mass is 32.1. The molecular formula is C21H15F3N2O6S. The molecule has 0 aliphatic carbocycles. The lowest BCUT2D eigenvalue weighted by Gasteiger charge is -2.09. The Kier molecular flexibility index (Phi) is 6.58. The van der Waals surface area contributed by atoms with E-state index >= 15 is 0 Å². The predicted molar refractivity (Wildman–Crippen MR) is 113 cm³/mol. The molecule has 172 valence electrons. The monoisotopic (exact) mass is 480 g/mol. The molecule has 0 fully saturated rings. The number of ether oxygens (including phenoxy) is 1. The number of phenols is 1. The molecule has 0 unspecified atom stereocenters. The molecule has 0 saturated carbocycles. The summed E-state index contributed by atoms with van der Waals surface area (Å²) in [5, 5.41) is 34.7. The van der Waals surface area contributed by atoms with Crippen molar-refractivity contribution in [1.82, 2.24) is 5.43 Å². The van der Waals surface area contributed by atoms with Gasteiger partial charge in [-0.25, -0.2) is 10.2 Å². The number of alkyl halides is 3. The minimum Gasteiger partial charge on any atom is -0.507 e. The molecule has 33 heavy (non-hydrogen) atoms. The van der Waals surface area contributed by atoms with Crippen LogP contribution in [0.5, 0.6) is 17.2 Å². The summed E-state index contributed by atoms with van der Waals surface area (Å²) in [7, 11) is 0. The van der Waals surface area contributed by atoms with Gasteiger partial charge in [0.05, 0.1) is 27.3 Å². The SMILES string of the molecule is CC(=NNC(=O)c1ccc(C(=O)O)cc1O)c1csc(-c2ccc(OC(F)(F)F)cc2)c1O. The zero-order chi connectivity index (χ0) is 24.3. The Morgan fingerprint density at radius 2 is 1.73 bits per heavy atom. The number of nitrogens with one attached hydrogen (secondary N) is 1. The van der Waals surface area contributed by atoms with Gasteiger partial charge in [0.2, 0.25) is 0 Å². The van der Waals surface area contributed by atoms with Crippen molar-refractivity contribution < 1.29 is 42.8 Å². The van der Waals surface area contributed by atoms with Gasteiger partial charge in [0.25, 0.3) is 5.91 Å². The summed E-state index contributed by atoms with van der Waals surface area (Å²) in [5.74, 6) is -3.20. The topological polar surface area (TPSA) is 128 Å². The van der Waals surface area contributed by atoms with Gasteiger partial charge in [-0.1, -0.05) is 0 Å². The van der Waals surface area contributed by atoms with Crippen LogP contribution < -0.4 is 10.2 Å². The number of amides is 1. The quantitative estimate of drug-likeness (QED) is 0.302. The molecule has 1 amide bonds. The summed E-state index contributed by atoms with van der Waals surface area (Å²) < 4.78 is 40.7. The largest absolute Gasteiger partial charge is 0.573 e. The molecule has 0 aliphatic heterocycles. The molecule has 3 rings (SSSR count). The summed E-state index contributed by atoms with van der Waals surface area (Å²) in [6, 6.07) is 8.15. The first-order chi connectivity index (χ1) is 15.5. The number of carboxylic acid groups (broad SMARTS) is 1. The smallest absolute Gasteiger partial charge is 0.507 e. The van der Waals surface area contributed by atoms with Crippen LogP contribution in [0.25, 0.3) is 10.4 Å². The van der Waals surface area contributed by atoms with Crippen molar-refractivity contribution in [2.24, 2.45) is 5.10 Å². The van der Waals surface area contributed by atoms with E-state index in [1.165, 1.54) is 19.1 Å². The van der Waals surface area contributed by atoms with Gasteiger partial charge >= 0.3 is 12.3 Å². The lowest BCUT2D eigenvalue weighted by molar-refractivity contribution is -0.274. The Morgan fingerprint density at radius 1 is 1.06 bits per heavy atom. The number of phenolic OH excluding ortho intramolecular Hbond substituents is 1. The van der Waals surface area contributed by atoms with Crippen LogP contribution in [0.3, 0.4) is 0 Å². The Morgan fingerprint density at radius 3 is 2.30 bits per heavy atom. The zero-order valence-corrected chi connectivity index (χ0v) is 17.5. The summed E-state index contributed by atoms with van der Waals surface area (Å²) in [4.78, 5) is 23.5. The number of nitrogens with zero attached hydrogens (tertiary/aromatic N) is 1. The molecule has 2 aromatic carbocycles. The normalized spacial score (nSPS) is 11.8. The zero-order valence-electron chi connectivity index (χ0n) is 16.7. The van der Waals surface area contributed by atoms with Crippen LogP contribution in [-0.4, -0.2) is 39.3 Å². The molecular weight excluding hydrogens is 465 g/mol. The number of thiophene rings is 1. The Balaban J connectivity index is 1.75. The number of carbonyl (C=O) groups is 2. The summed E-state index contributed by atoms with van der Waals surface area (Å²) in [6.45, 7) is 1.50. The van der Waals surface area contributed by atoms with Gasteiger partial charge in [-0.3, -0.25) is 4.79 Å². The van der Waals surface area contributed by atoms with E-state index < -0.39 is 29.7 Å². The maximum Gasteiger partial charge on any atom is 0.573 e. The first-order valence-corrected chi connectivity index (χ1v) is 9.92.